The molecule has 1 aliphatic rings. The van der Waals surface area contributed by atoms with Gasteiger partial charge in [-0.2, -0.15) is 5.10 Å². The Kier molecular flexibility index (Phi) is 4.21. The van der Waals surface area contributed by atoms with E-state index in [9.17, 15) is 4.79 Å². The van der Waals surface area contributed by atoms with Crippen LogP contribution in [0.25, 0.3) is 11.5 Å². The van der Waals surface area contributed by atoms with Crippen molar-refractivity contribution in [2.24, 2.45) is 0 Å². The number of rotatable bonds is 4. The quantitative estimate of drug-likeness (QED) is 0.769. The molecule has 0 aliphatic carbocycles. The van der Waals surface area contributed by atoms with Gasteiger partial charge < -0.3 is 14.6 Å². The molecule has 0 unspecified atom stereocenters. The number of nitrogens with one attached hydrogen (secondary N) is 1. The van der Waals surface area contributed by atoms with Crippen molar-refractivity contribution in [3.63, 3.8) is 0 Å². The molecule has 0 saturated carbocycles. The maximum Gasteiger partial charge on any atom is 0.277 e. The molecule has 3 aromatic heterocycles. The largest absolute Gasteiger partial charge is 0.379 e. The number of halogens is 1. The van der Waals surface area contributed by atoms with Gasteiger partial charge in [0.1, 0.15) is 5.69 Å². The van der Waals surface area contributed by atoms with Gasteiger partial charge in [0.05, 0.1) is 29.6 Å². The van der Waals surface area contributed by atoms with Crippen molar-refractivity contribution >= 4 is 23.2 Å². The van der Waals surface area contributed by atoms with Crippen LogP contribution in [-0.2, 0) is 4.74 Å². The van der Waals surface area contributed by atoms with E-state index in [1.807, 2.05) is 0 Å². The van der Waals surface area contributed by atoms with Crippen LogP contribution in [0.1, 0.15) is 23.0 Å². The predicted molar refractivity (Wildman–Crippen MR) is 89.4 cm³/mol. The zero-order chi connectivity index (χ0) is 17.2. The van der Waals surface area contributed by atoms with Crippen molar-refractivity contribution in [1.29, 1.82) is 0 Å². The Balaban J connectivity index is 1.45. The first-order chi connectivity index (χ1) is 12.2. The van der Waals surface area contributed by atoms with E-state index in [2.05, 4.69) is 20.6 Å². The molecule has 4 rings (SSSR count). The summed E-state index contributed by atoms with van der Waals surface area (Å²) in [6, 6.07) is 5.12. The van der Waals surface area contributed by atoms with Crippen molar-refractivity contribution in [1.82, 2.24) is 19.9 Å². The predicted octanol–water partition coefficient (Wildman–Crippen LogP) is 2.80. The van der Waals surface area contributed by atoms with Crippen LogP contribution in [0, 0.1) is 0 Å². The third kappa shape index (κ3) is 3.40. The van der Waals surface area contributed by atoms with Gasteiger partial charge in [-0.15, -0.1) is 0 Å². The average Bonchev–Trinajstić information content (AvgIpc) is 3.36. The summed E-state index contributed by atoms with van der Waals surface area (Å²) >= 11 is 5.81. The van der Waals surface area contributed by atoms with Gasteiger partial charge in [0.25, 0.3) is 5.91 Å². The highest BCUT2D eigenvalue weighted by atomic mass is 35.5. The summed E-state index contributed by atoms with van der Waals surface area (Å²) in [5.74, 6) is 0.00630. The molecule has 0 radical (unpaired) electrons. The summed E-state index contributed by atoms with van der Waals surface area (Å²) in [5, 5.41) is 11.3. The number of anilines is 1. The van der Waals surface area contributed by atoms with Crippen molar-refractivity contribution in [3.8, 4) is 11.5 Å². The Morgan fingerprint density at radius 2 is 2.28 bits per heavy atom. The Morgan fingerprint density at radius 1 is 1.36 bits per heavy atom. The molecule has 4 heterocycles. The average molecular weight is 360 g/mol. The van der Waals surface area contributed by atoms with E-state index in [-0.39, 0.29) is 17.6 Å². The third-order valence-corrected chi connectivity index (χ3v) is 4.09. The summed E-state index contributed by atoms with van der Waals surface area (Å²) in [5.41, 5.74) is 1.29. The number of ether oxygens (including phenoxy) is 1. The molecule has 128 valence electrons. The van der Waals surface area contributed by atoms with Crippen molar-refractivity contribution < 1.29 is 14.1 Å². The summed E-state index contributed by atoms with van der Waals surface area (Å²) in [6.07, 6.45) is 5.78. The topological polar surface area (TPSA) is 95.1 Å². The number of hydrogen-bond donors (Lipinski definition) is 1. The highest BCUT2D eigenvalue weighted by Crippen LogP contribution is 2.22. The van der Waals surface area contributed by atoms with Crippen LogP contribution in [0.15, 0.2) is 41.3 Å². The zero-order valence-corrected chi connectivity index (χ0v) is 13.8. The molecule has 1 fully saturated rings. The highest BCUT2D eigenvalue weighted by molar-refractivity contribution is 6.30. The van der Waals surface area contributed by atoms with Gasteiger partial charge >= 0.3 is 0 Å². The Hall–Kier alpha value is -2.71. The SMILES string of the molecule is O=C(Nc1cnn([C@@H]2CCOC2)c1)c1cc(-c2ccc(Cl)cn2)on1. The fourth-order valence-electron chi connectivity index (χ4n) is 2.55. The van der Waals surface area contributed by atoms with Gasteiger partial charge in [0.15, 0.2) is 11.5 Å². The van der Waals surface area contributed by atoms with E-state index >= 15 is 0 Å². The number of carbonyl (C=O) groups excluding carboxylic acids is 1. The minimum atomic E-state index is -0.383. The van der Waals surface area contributed by atoms with Crippen LogP contribution in [-0.4, -0.2) is 39.0 Å². The summed E-state index contributed by atoms with van der Waals surface area (Å²) in [4.78, 5) is 16.4. The summed E-state index contributed by atoms with van der Waals surface area (Å²) < 4.78 is 12.3. The lowest BCUT2D eigenvalue weighted by molar-refractivity contribution is 0.101. The minimum absolute atomic E-state index is 0.156. The maximum atomic E-state index is 12.3. The molecule has 3 aromatic rings. The number of carbonyl (C=O) groups is 1. The molecule has 1 N–H and O–H groups in total. The smallest absolute Gasteiger partial charge is 0.277 e. The Labute approximate surface area is 147 Å². The van der Waals surface area contributed by atoms with Crippen molar-refractivity contribution in [2.45, 2.75) is 12.5 Å². The number of nitrogens with zero attached hydrogens (tertiary/aromatic N) is 4. The van der Waals surface area contributed by atoms with Gasteiger partial charge in [-0.3, -0.25) is 14.5 Å². The van der Waals surface area contributed by atoms with Crippen LogP contribution in [0.5, 0.6) is 0 Å². The Bertz CT molecular complexity index is 883. The van der Waals surface area contributed by atoms with Crippen LogP contribution in [0.4, 0.5) is 5.69 Å². The van der Waals surface area contributed by atoms with E-state index < -0.39 is 0 Å². The van der Waals surface area contributed by atoms with Gasteiger partial charge in [-0.1, -0.05) is 16.8 Å². The first-order valence-corrected chi connectivity index (χ1v) is 8.09. The lowest BCUT2D eigenvalue weighted by Gasteiger charge is -2.06. The Morgan fingerprint density at radius 3 is 3.04 bits per heavy atom. The van der Waals surface area contributed by atoms with Crippen LogP contribution >= 0.6 is 11.6 Å². The molecule has 9 heteroatoms. The molecule has 1 atom stereocenters. The molecule has 1 saturated heterocycles. The summed E-state index contributed by atoms with van der Waals surface area (Å²) in [7, 11) is 0. The van der Waals surface area contributed by atoms with Gasteiger partial charge in [0.2, 0.25) is 0 Å². The second kappa shape index (κ2) is 6.66. The fourth-order valence-corrected chi connectivity index (χ4v) is 2.66. The second-order valence-electron chi connectivity index (χ2n) is 5.62. The maximum absolute atomic E-state index is 12.3. The van der Waals surface area contributed by atoms with Crippen LogP contribution < -0.4 is 5.32 Å². The fraction of sp³-hybridized carbons (Fsp3) is 0.250. The molecular formula is C16H14ClN5O3. The molecule has 0 aromatic carbocycles. The van der Waals surface area contributed by atoms with E-state index in [1.54, 1.807) is 29.2 Å². The standard InChI is InChI=1S/C16H14ClN5O3/c17-10-1-2-13(18-6-10)15-5-14(21-25-15)16(23)20-11-7-19-22(8-11)12-3-4-24-9-12/h1-2,5-8,12H,3-4,9H2,(H,20,23)/t12-/m1/s1. The molecular weight excluding hydrogens is 346 g/mol. The van der Waals surface area contributed by atoms with Gasteiger partial charge in [0, 0.05) is 25.1 Å². The highest BCUT2D eigenvalue weighted by Gasteiger charge is 2.19. The molecule has 1 amide bonds. The van der Waals surface area contributed by atoms with E-state index in [0.717, 1.165) is 13.0 Å². The third-order valence-electron chi connectivity index (χ3n) is 3.86. The first kappa shape index (κ1) is 15.8. The number of amides is 1. The summed E-state index contributed by atoms with van der Waals surface area (Å²) in [6.45, 7) is 1.36. The van der Waals surface area contributed by atoms with Crippen molar-refractivity contribution in [2.75, 3.05) is 18.5 Å². The van der Waals surface area contributed by atoms with E-state index in [0.29, 0.717) is 28.8 Å². The van der Waals surface area contributed by atoms with Gasteiger partial charge in [-0.05, 0) is 18.6 Å². The molecule has 25 heavy (non-hydrogen) atoms. The molecule has 1 aliphatic heterocycles. The molecule has 0 bridgehead atoms. The molecule has 8 nitrogen and oxygen atoms in total. The normalized spacial score (nSPS) is 16.9. The van der Waals surface area contributed by atoms with Crippen LogP contribution in [0.2, 0.25) is 5.02 Å². The number of pyridine rings is 1. The lowest BCUT2D eigenvalue weighted by Crippen LogP contribution is -2.12. The zero-order valence-electron chi connectivity index (χ0n) is 13.1. The molecule has 0 spiro atoms. The number of hydrogen-bond acceptors (Lipinski definition) is 6. The van der Waals surface area contributed by atoms with E-state index in [4.69, 9.17) is 20.9 Å². The van der Waals surface area contributed by atoms with E-state index in [1.165, 1.54) is 12.3 Å². The van der Waals surface area contributed by atoms with Gasteiger partial charge in [-0.25, -0.2) is 0 Å². The first-order valence-electron chi connectivity index (χ1n) is 7.71. The monoisotopic (exact) mass is 359 g/mol. The van der Waals surface area contributed by atoms with Crippen LogP contribution in [0.3, 0.4) is 0 Å². The second-order valence-corrected chi connectivity index (χ2v) is 6.06. The lowest BCUT2D eigenvalue weighted by atomic mass is 10.2. The minimum Gasteiger partial charge on any atom is -0.379 e. The van der Waals surface area contributed by atoms with Crippen molar-refractivity contribution in [3.05, 3.63) is 47.5 Å². The number of aromatic nitrogens is 4.